The van der Waals surface area contributed by atoms with Crippen molar-refractivity contribution in [1.82, 2.24) is 4.90 Å². The number of hydrogen-bond donors (Lipinski definition) is 1. The first-order chi connectivity index (χ1) is 7.66. The highest BCUT2D eigenvalue weighted by atomic mass is 16.2. The van der Waals surface area contributed by atoms with Crippen molar-refractivity contribution in [3.05, 3.63) is 35.4 Å². The van der Waals surface area contributed by atoms with Crippen LogP contribution in [0.3, 0.4) is 0 Å². The average molecular weight is 218 g/mol. The van der Waals surface area contributed by atoms with Gasteiger partial charge in [-0.15, -0.1) is 0 Å². The van der Waals surface area contributed by atoms with Crippen LogP contribution in [0.2, 0.25) is 0 Å². The first-order valence-electron chi connectivity index (χ1n) is 5.77. The van der Waals surface area contributed by atoms with Crippen molar-refractivity contribution in [2.45, 2.75) is 32.4 Å². The number of nitrogens with two attached hydrogens (primary N) is 1. The van der Waals surface area contributed by atoms with Crippen LogP contribution in [-0.2, 0) is 17.8 Å². The molecule has 2 rings (SSSR count). The van der Waals surface area contributed by atoms with E-state index in [1.54, 1.807) is 0 Å². The lowest BCUT2D eigenvalue weighted by Gasteiger charge is -2.29. The fourth-order valence-electron chi connectivity index (χ4n) is 2.11. The van der Waals surface area contributed by atoms with Crippen molar-refractivity contribution in [3.63, 3.8) is 0 Å². The van der Waals surface area contributed by atoms with Gasteiger partial charge >= 0.3 is 0 Å². The Labute approximate surface area is 96.2 Å². The molecular weight excluding hydrogens is 200 g/mol. The molecule has 3 nitrogen and oxygen atoms in total. The lowest BCUT2D eigenvalue weighted by Crippen LogP contribution is -2.38. The van der Waals surface area contributed by atoms with Crippen LogP contribution in [0.5, 0.6) is 0 Å². The van der Waals surface area contributed by atoms with Crippen molar-refractivity contribution in [1.29, 1.82) is 0 Å². The quantitative estimate of drug-likeness (QED) is 0.813. The number of hydrogen-bond acceptors (Lipinski definition) is 2. The van der Waals surface area contributed by atoms with Crippen molar-refractivity contribution in [2.24, 2.45) is 5.73 Å². The molecule has 0 saturated carbocycles. The van der Waals surface area contributed by atoms with Gasteiger partial charge in [-0.25, -0.2) is 0 Å². The van der Waals surface area contributed by atoms with Crippen LogP contribution < -0.4 is 5.73 Å². The highest BCUT2D eigenvalue weighted by molar-refractivity contribution is 5.77. The fourth-order valence-corrected chi connectivity index (χ4v) is 2.11. The van der Waals surface area contributed by atoms with Crippen LogP contribution in [0.25, 0.3) is 0 Å². The molecule has 0 aliphatic carbocycles. The van der Waals surface area contributed by atoms with E-state index in [0.29, 0.717) is 6.42 Å². The Morgan fingerprint density at radius 2 is 2.12 bits per heavy atom. The van der Waals surface area contributed by atoms with Gasteiger partial charge in [0.25, 0.3) is 0 Å². The van der Waals surface area contributed by atoms with Crippen LogP contribution in [-0.4, -0.2) is 23.4 Å². The first-order valence-corrected chi connectivity index (χ1v) is 5.77. The number of benzene rings is 1. The predicted octanol–water partition coefficient (Wildman–Crippen LogP) is 1.31. The molecule has 1 aliphatic heterocycles. The van der Waals surface area contributed by atoms with E-state index in [9.17, 15) is 4.79 Å². The summed E-state index contributed by atoms with van der Waals surface area (Å²) in [4.78, 5) is 13.8. The SMILES string of the molecule is C[C@H](N)CC(=O)N1CCc2ccccc2C1. The molecule has 0 aromatic heterocycles. The monoisotopic (exact) mass is 218 g/mol. The van der Waals surface area contributed by atoms with Gasteiger partial charge < -0.3 is 10.6 Å². The van der Waals surface area contributed by atoms with E-state index >= 15 is 0 Å². The Balaban J connectivity index is 2.05. The Hall–Kier alpha value is -1.35. The second kappa shape index (κ2) is 4.66. The summed E-state index contributed by atoms with van der Waals surface area (Å²) in [5, 5.41) is 0. The third-order valence-electron chi connectivity index (χ3n) is 2.98. The van der Waals surface area contributed by atoms with Gasteiger partial charge in [-0.05, 0) is 24.5 Å². The molecule has 1 heterocycles. The summed E-state index contributed by atoms with van der Waals surface area (Å²) in [6.07, 6.45) is 1.41. The summed E-state index contributed by atoms with van der Waals surface area (Å²) >= 11 is 0. The summed E-state index contributed by atoms with van der Waals surface area (Å²) in [5.41, 5.74) is 8.29. The normalized spacial score (nSPS) is 16.8. The largest absolute Gasteiger partial charge is 0.338 e. The van der Waals surface area contributed by atoms with E-state index in [2.05, 4.69) is 18.2 Å². The standard InChI is InChI=1S/C13H18N2O/c1-10(14)8-13(16)15-7-6-11-4-2-3-5-12(11)9-15/h2-5,10H,6-9,14H2,1H3/t10-/m0/s1. The van der Waals surface area contributed by atoms with E-state index in [4.69, 9.17) is 5.73 Å². The second-order valence-electron chi connectivity index (χ2n) is 4.52. The Morgan fingerprint density at radius 1 is 1.44 bits per heavy atom. The van der Waals surface area contributed by atoms with Gasteiger partial charge in [0.1, 0.15) is 0 Å². The van der Waals surface area contributed by atoms with Crippen molar-refractivity contribution in [3.8, 4) is 0 Å². The van der Waals surface area contributed by atoms with Crippen molar-refractivity contribution in [2.75, 3.05) is 6.54 Å². The first kappa shape index (κ1) is 11.1. The molecule has 2 N–H and O–H groups in total. The Kier molecular flexibility index (Phi) is 3.25. The van der Waals surface area contributed by atoms with Crippen LogP contribution in [0.15, 0.2) is 24.3 Å². The van der Waals surface area contributed by atoms with Gasteiger partial charge in [-0.2, -0.15) is 0 Å². The van der Waals surface area contributed by atoms with E-state index < -0.39 is 0 Å². The molecule has 1 aliphatic rings. The molecule has 1 amide bonds. The van der Waals surface area contributed by atoms with E-state index in [0.717, 1.165) is 19.5 Å². The Bertz CT molecular complexity index is 387. The molecule has 16 heavy (non-hydrogen) atoms. The summed E-state index contributed by atoms with van der Waals surface area (Å²) in [7, 11) is 0. The number of fused-ring (bicyclic) bond motifs is 1. The van der Waals surface area contributed by atoms with E-state index in [1.165, 1.54) is 11.1 Å². The van der Waals surface area contributed by atoms with Crippen molar-refractivity contribution >= 4 is 5.91 Å². The van der Waals surface area contributed by atoms with Crippen LogP contribution in [0, 0.1) is 0 Å². The average Bonchev–Trinajstić information content (AvgIpc) is 2.27. The number of nitrogens with zero attached hydrogens (tertiary/aromatic N) is 1. The minimum Gasteiger partial charge on any atom is -0.338 e. The maximum absolute atomic E-state index is 11.9. The molecule has 1 aromatic rings. The summed E-state index contributed by atoms with van der Waals surface area (Å²) in [6.45, 7) is 3.43. The lowest BCUT2D eigenvalue weighted by molar-refractivity contribution is -0.132. The molecule has 0 fully saturated rings. The number of carbonyl (C=O) groups is 1. The molecule has 0 unspecified atom stereocenters. The molecule has 3 heteroatoms. The maximum atomic E-state index is 11.9. The van der Waals surface area contributed by atoms with Crippen LogP contribution >= 0.6 is 0 Å². The number of carbonyl (C=O) groups excluding carboxylic acids is 1. The summed E-state index contributed by atoms with van der Waals surface area (Å²) < 4.78 is 0. The molecule has 0 spiro atoms. The number of rotatable bonds is 2. The third kappa shape index (κ3) is 2.42. The highest BCUT2D eigenvalue weighted by Gasteiger charge is 2.20. The van der Waals surface area contributed by atoms with Gasteiger partial charge in [0.05, 0.1) is 0 Å². The van der Waals surface area contributed by atoms with Gasteiger partial charge in [0, 0.05) is 25.6 Å². The molecule has 0 radical (unpaired) electrons. The van der Waals surface area contributed by atoms with E-state index in [-0.39, 0.29) is 11.9 Å². The molecule has 0 saturated heterocycles. The summed E-state index contributed by atoms with van der Waals surface area (Å²) in [5.74, 6) is 0.171. The molecule has 1 atom stereocenters. The predicted molar refractivity (Wildman–Crippen MR) is 63.8 cm³/mol. The minimum atomic E-state index is -0.0512. The molecular formula is C13H18N2O. The molecule has 0 bridgehead atoms. The number of amides is 1. The molecule has 86 valence electrons. The topological polar surface area (TPSA) is 46.3 Å². The van der Waals surface area contributed by atoms with Gasteiger partial charge in [-0.1, -0.05) is 24.3 Å². The van der Waals surface area contributed by atoms with Crippen LogP contribution in [0.4, 0.5) is 0 Å². The zero-order valence-electron chi connectivity index (χ0n) is 9.65. The molecule has 1 aromatic carbocycles. The fraction of sp³-hybridized carbons (Fsp3) is 0.462. The lowest BCUT2D eigenvalue weighted by atomic mass is 9.99. The van der Waals surface area contributed by atoms with Crippen molar-refractivity contribution < 1.29 is 4.79 Å². The van der Waals surface area contributed by atoms with Gasteiger partial charge in [-0.3, -0.25) is 4.79 Å². The summed E-state index contributed by atoms with van der Waals surface area (Å²) in [6, 6.07) is 8.27. The smallest absolute Gasteiger partial charge is 0.224 e. The van der Waals surface area contributed by atoms with Gasteiger partial charge in [0.15, 0.2) is 0 Å². The zero-order chi connectivity index (χ0) is 11.5. The van der Waals surface area contributed by atoms with Gasteiger partial charge in [0.2, 0.25) is 5.91 Å². The maximum Gasteiger partial charge on any atom is 0.224 e. The third-order valence-corrected chi connectivity index (χ3v) is 2.98. The van der Waals surface area contributed by atoms with Crippen LogP contribution in [0.1, 0.15) is 24.5 Å². The second-order valence-corrected chi connectivity index (χ2v) is 4.52. The minimum absolute atomic E-state index is 0.0512. The highest BCUT2D eigenvalue weighted by Crippen LogP contribution is 2.19. The zero-order valence-corrected chi connectivity index (χ0v) is 9.65. The van der Waals surface area contributed by atoms with E-state index in [1.807, 2.05) is 17.9 Å². The Morgan fingerprint density at radius 3 is 2.81 bits per heavy atom.